The van der Waals surface area contributed by atoms with Gasteiger partial charge in [0.05, 0.1) is 17.5 Å². The second-order valence-corrected chi connectivity index (χ2v) is 4.80. The number of aliphatic hydroxyl groups is 2. The minimum Gasteiger partial charge on any atom is -0.390 e. The van der Waals surface area contributed by atoms with Crippen molar-refractivity contribution >= 4 is 23.4 Å². The Morgan fingerprint density at radius 1 is 1.44 bits per heavy atom. The second kappa shape index (κ2) is 4.45. The van der Waals surface area contributed by atoms with Gasteiger partial charge in [0.25, 0.3) is 0 Å². The first-order valence-corrected chi connectivity index (χ1v) is 5.99. The summed E-state index contributed by atoms with van der Waals surface area (Å²) in [6.07, 6.45) is -1.75. The van der Waals surface area contributed by atoms with E-state index in [0.29, 0.717) is 17.0 Å². The molecule has 1 amide bonds. The molecule has 0 bridgehead atoms. The first-order valence-electron chi connectivity index (χ1n) is 5.00. The van der Waals surface area contributed by atoms with Crippen LogP contribution in [0.1, 0.15) is 18.6 Å². The highest BCUT2D eigenvalue weighted by Crippen LogP contribution is 2.33. The molecule has 1 aromatic rings. The Bertz CT molecular complexity index is 420. The molecule has 0 saturated heterocycles. The lowest BCUT2D eigenvalue weighted by Crippen LogP contribution is -2.20. The molecule has 0 saturated carbocycles. The molecule has 1 aromatic carbocycles. The minimum absolute atomic E-state index is 0.0406. The van der Waals surface area contributed by atoms with Crippen LogP contribution < -0.4 is 5.32 Å². The third-order valence-corrected chi connectivity index (χ3v) is 3.51. The second-order valence-electron chi connectivity index (χ2n) is 3.78. The zero-order chi connectivity index (χ0) is 11.7. The molecule has 0 aliphatic carbocycles. The van der Waals surface area contributed by atoms with Crippen LogP contribution in [0, 0.1) is 0 Å². The van der Waals surface area contributed by atoms with Crippen LogP contribution in [0.4, 0.5) is 5.69 Å². The average Bonchev–Trinajstić information content (AvgIpc) is 2.26. The highest BCUT2D eigenvalue weighted by Gasteiger charge is 2.19. The maximum absolute atomic E-state index is 11.2. The summed E-state index contributed by atoms with van der Waals surface area (Å²) < 4.78 is 0. The number of fused-ring (bicyclic) bond motifs is 1. The Morgan fingerprint density at radius 3 is 2.88 bits per heavy atom. The maximum atomic E-state index is 11.2. The number of aliphatic hydroxyl groups excluding tert-OH is 2. The molecule has 0 spiro atoms. The van der Waals surface area contributed by atoms with Crippen molar-refractivity contribution in [2.45, 2.75) is 24.0 Å². The fraction of sp³-hybridized carbons (Fsp3) is 0.364. The normalized spacial score (nSPS) is 18.6. The summed E-state index contributed by atoms with van der Waals surface area (Å²) in [5, 5.41) is 21.7. The Hall–Kier alpha value is -1.04. The first kappa shape index (κ1) is 11.4. The van der Waals surface area contributed by atoms with Gasteiger partial charge in [-0.15, -0.1) is 11.8 Å². The lowest BCUT2D eigenvalue weighted by Gasteiger charge is -2.20. The highest BCUT2D eigenvalue weighted by molar-refractivity contribution is 8.00. The van der Waals surface area contributed by atoms with Crippen molar-refractivity contribution in [2.24, 2.45) is 0 Å². The van der Waals surface area contributed by atoms with Crippen LogP contribution in [0.3, 0.4) is 0 Å². The molecule has 1 aliphatic heterocycles. The van der Waals surface area contributed by atoms with Crippen molar-refractivity contribution in [1.82, 2.24) is 0 Å². The molecule has 5 heteroatoms. The summed E-state index contributed by atoms with van der Waals surface area (Å²) in [4.78, 5) is 12.2. The number of hydrogen-bond acceptors (Lipinski definition) is 4. The number of amides is 1. The van der Waals surface area contributed by atoms with Crippen LogP contribution in [0.15, 0.2) is 23.1 Å². The van der Waals surface area contributed by atoms with Crippen molar-refractivity contribution < 1.29 is 15.0 Å². The Labute approximate surface area is 97.7 Å². The van der Waals surface area contributed by atoms with Crippen molar-refractivity contribution in [3.05, 3.63) is 23.8 Å². The Morgan fingerprint density at radius 2 is 2.19 bits per heavy atom. The molecular formula is C11H13NO3S. The number of benzene rings is 1. The number of thioether (sulfide) groups is 1. The molecule has 0 radical (unpaired) electrons. The van der Waals surface area contributed by atoms with Crippen molar-refractivity contribution in [1.29, 1.82) is 0 Å². The SMILES string of the molecule is CC(O)C(O)c1ccc2c(c1)NC(=O)CS2. The van der Waals surface area contributed by atoms with Crippen LogP contribution in [0.2, 0.25) is 0 Å². The molecular weight excluding hydrogens is 226 g/mol. The summed E-state index contributed by atoms with van der Waals surface area (Å²) in [5.74, 6) is 0.381. The van der Waals surface area contributed by atoms with Gasteiger partial charge in [0.1, 0.15) is 6.10 Å². The zero-order valence-electron chi connectivity index (χ0n) is 8.80. The predicted octanol–water partition coefficient (Wildman–Crippen LogP) is 1.14. The van der Waals surface area contributed by atoms with Gasteiger partial charge in [-0.3, -0.25) is 4.79 Å². The smallest absolute Gasteiger partial charge is 0.234 e. The molecule has 3 N–H and O–H groups in total. The summed E-state index contributed by atoms with van der Waals surface area (Å²) in [5.41, 5.74) is 1.31. The molecule has 0 aromatic heterocycles. The molecule has 1 heterocycles. The standard InChI is InChI=1S/C11H13NO3S/c1-6(13)11(15)7-2-3-9-8(4-7)12-10(14)5-16-9/h2-4,6,11,13,15H,5H2,1H3,(H,12,14). The zero-order valence-corrected chi connectivity index (χ0v) is 9.62. The number of anilines is 1. The van der Waals surface area contributed by atoms with Gasteiger partial charge in [-0.1, -0.05) is 6.07 Å². The monoisotopic (exact) mass is 239 g/mol. The lowest BCUT2D eigenvalue weighted by atomic mass is 10.0. The van der Waals surface area contributed by atoms with Gasteiger partial charge in [0.15, 0.2) is 0 Å². The number of nitrogens with one attached hydrogen (secondary N) is 1. The number of carbonyl (C=O) groups is 1. The van der Waals surface area contributed by atoms with E-state index in [1.165, 1.54) is 18.7 Å². The van der Waals surface area contributed by atoms with E-state index in [4.69, 9.17) is 0 Å². The Kier molecular flexibility index (Phi) is 3.18. The molecule has 2 atom stereocenters. The average molecular weight is 239 g/mol. The molecule has 86 valence electrons. The topological polar surface area (TPSA) is 69.6 Å². The molecule has 1 aliphatic rings. The molecule has 4 nitrogen and oxygen atoms in total. The van der Waals surface area contributed by atoms with E-state index < -0.39 is 12.2 Å². The van der Waals surface area contributed by atoms with Gasteiger partial charge in [0, 0.05) is 4.90 Å². The Balaban J connectivity index is 2.31. The van der Waals surface area contributed by atoms with Crippen LogP contribution in [0.25, 0.3) is 0 Å². The number of rotatable bonds is 2. The van der Waals surface area contributed by atoms with Gasteiger partial charge < -0.3 is 15.5 Å². The van der Waals surface area contributed by atoms with E-state index in [2.05, 4.69) is 5.32 Å². The van der Waals surface area contributed by atoms with Gasteiger partial charge in [-0.05, 0) is 24.6 Å². The molecule has 2 rings (SSSR count). The summed E-state index contributed by atoms with van der Waals surface area (Å²) in [6, 6.07) is 5.32. The minimum atomic E-state index is -0.922. The van der Waals surface area contributed by atoms with E-state index >= 15 is 0 Å². The fourth-order valence-corrected chi connectivity index (χ4v) is 2.35. The largest absolute Gasteiger partial charge is 0.390 e. The third-order valence-electron chi connectivity index (χ3n) is 2.43. The van der Waals surface area contributed by atoms with Gasteiger partial charge in [0.2, 0.25) is 5.91 Å². The predicted molar refractivity (Wildman–Crippen MR) is 62.4 cm³/mol. The van der Waals surface area contributed by atoms with E-state index in [9.17, 15) is 15.0 Å². The highest BCUT2D eigenvalue weighted by atomic mass is 32.2. The van der Waals surface area contributed by atoms with E-state index in [-0.39, 0.29) is 5.91 Å². The van der Waals surface area contributed by atoms with Crippen molar-refractivity contribution in [3.63, 3.8) is 0 Å². The van der Waals surface area contributed by atoms with Gasteiger partial charge in [-0.25, -0.2) is 0 Å². The van der Waals surface area contributed by atoms with Crippen LogP contribution in [0.5, 0.6) is 0 Å². The molecule has 0 fully saturated rings. The number of carbonyl (C=O) groups excluding carboxylic acids is 1. The molecule has 16 heavy (non-hydrogen) atoms. The first-order chi connectivity index (χ1) is 7.58. The van der Waals surface area contributed by atoms with Crippen LogP contribution >= 0.6 is 11.8 Å². The van der Waals surface area contributed by atoms with E-state index in [0.717, 1.165) is 4.90 Å². The van der Waals surface area contributed by atoms with Gasteiger partial charge >= 0.3 is 0 Å². The van der Waals surface area contributed by atoms with E-state index in [1.807, 2.05) is 6.07 Å². The summed E-state index contributed by atoms with van der Waals surface area (Å²) in [6.45, 7) is 1.53. The summed E-state index contributed by atoms with van der Waals surface area (Å²) in [7, 11) is 0. The number of hydrogen-bond donors (Lipinski definition) is 3. The maximum Gasteiger partial charge on any atom is 0.234 e. The summed E-state index contributed by atoms with van der Waals surface area (Å²) >= 11 is 1.47. The lowest BCUT2D eigenvalue weighted by molar-refractivity contribution is -0.113. The van der Waals surface area contributed by atoms with E-state index in [1.54, 1.807) is 12.1 Å². The fourth-order valence-electron chi connectivity index (χ4n) is 1.56. The van der Waals surface area contributed by atoms with Crippen LogP contribution in [-0.2, 0) is 4.79 Å². The third kappa shape index (κ3) is 2.21. The quantitative estimate of drug-likeness (QED) is 0.724. The van der Waals surface area contributed by atoms with Crippen molar-refractivity contribution in [3.8, 4) is 0 Å². The van der Waals surface area contributed by atoms with Crippen LogP contribution in [-0.4, -0.2) is 28.0 Å². The van der Waals surface area contributed by atoms with Gasteiger partial charge in [-0.2, -0.15) is 0 Å². The molecule has 2 unspecified atom stereocenters. The van der Waals surface area contributed by atoms with Crippen molar-refractivity contribution in [2.75, 3.05) is 11.1 Å².